The summed E-state index contributed by atoms with van der Waals surface area (Å²) in [6, 6.07) is 7.08. The van der Waals surface area contributed by atoms with Crippen LogP contribution in [0.25, 0.3) is 0 Å². The van der Waals surface area contributed by atoms with Crippen molar-refractivity contribution in [1.29, 1.82) is 0 Å². The Balaban J connectivity index is 1.74. The van der Waals surface area contributed by atoms with Gasteiger partial charge in [-0.05, 0) is 50.1 Å². The van der Waals surface area contributed by atoms with Crippen LogP contribution < -0.4 is 20.7 Å². The molecule has 0 bridgehead atoms. The molecule has 1 aromatic rings. The molecule has 132 valence electrons. The van der Waals surface area contributed by atoms with Crippen LogP contribution in [0.5, 0.6) is 5.75 Å². The molecule has 0 aliphatic heterocycles. The average Bonchev–Trinajstić information content (AvgIpc) is 2.53. The van der Waals surface area contributed by atoms with Gasteiger partial charge in [-0.3, -0.25) is 9.59 Å². The Hall–Kier alpha value is -1.79. The maximum absolute atomic E-state index is 12.0. The molecule has 3 unspecified atom stereocenters. The van der Waals surface area contributed by atoms with Crippen LogP contribution in [0.15, 0.2) is 24.3 Å². The third-order valence-corrected chi connectivity index (χ3v) is 4.48. The lowest BCUT2D eigenvalue weighted by molar-refractivity contribution is -0.126. The molecule has 1 aromatic carbocycles. The van der Waals surface area contributed by atoms with Gasteiger partial charge >= 0.3 is 0 Å². The zero-order valence-corrected chi connectivity index (χ0v) is 14.7. The van der Waals surface area contributed by atoms with Crippen LogP contribution >= 0.6 is 11.6 Å². The van der Waals surface area contributed by atoms with Crippen LogP contribution in [-0.2, 0) is 9.59 Å². The van der Waals surface area contributed by atoms with Crippen molar-refractivity contribution >= 4 is 23.4 Å². The van der Waals surface area contributed by atoms with Gasteiger partial charge < -0.3 is 20.7 Å². The second-order valence-electron chi connectivity index (χ2n) is 5.93. The van der Waals surface area contributed by atoms with Gasteiger partial charge in [-0.15, -0.1) is 0 Å². The molecule has 1 fully saturated rings. The van der Waals surface area contributed by atoms with E-state index in [-0.39, 0.29) is 36.4 Å². The second-order valence-corrected chi connectivity index (χ2v) is 6.37. The van der Waals surface area contributed by atoms with E-state index in [1.165, 1.54) is 0 Å². The van der Waals surface area contributed by atoms with Gasteiger partial charge in [0.05, 0.1) is 6.54 Å². The molecule has 0 aromatic heterocycles. The number of carbonyl (C=O) groups is 2. The first-order valence-electron chi connectivity index (χ1n) is 8.15. The highest BCUT2D eigenvalue weighted by Crippen LogP contribution is 2.31. The first-order valence-corrected chi connectivity index (χ1v) is 8.53. The number of hydrogen-bond acceptors (Lipinski definition) is 4. The zero-order valence-electron chi connectivity index (χ0n) is 14.0. The summed E-state index contributed by atoms with van der Waals surface area (Å²) >= 11 is 5.80. The second kappa shape index (κ2) is 8.89. The molecular formula is C17H24ClN3O3. The van der Waals surface area contributed by atoms with E-state index in [1.54, 1.807) is 31.3 Å². The lowest BCUT2D eigenvalue weighted by atomic mass is 9.72. The van der Waals surface area contributed by atoms with Crippen molar-refractivity contribution in [3.8, 4) is 5.75 Å². The molecule has 7 heteroatoms. The summed E-state index contributed by atoms with van der Waals surface area (Å²) in [6.07, 6.45) is 1.65. The molecule has 0 saturated heterocycles. The topological polar surface area (TPSA) is 79.5 Å². The predicted octanol–water partition coefficient (Wildman–Crippen LogP) is 1.34. The highest BCUT2D eigenvalue weighted by Gasteiger charge is 2.41. The summed E-state index contributed by atoms with van der Waals surface area (Å²) in [4.78, 5) is 23.6. The first-order chi connectivity index (χ1) is 11.5. The normalized spacial score (nSPS) is 22.4. The van der Waals surface area contributed by atoms with E-state index in [0.29, 0.717) is 17.3 Å². The molecule has 0 heterocycles. The minimum absolute atomic E-state index is 0.0169. The Kier molecular flexibility index (Phi) is 6.87. The van der Waals surface area contributed by atoms with E-state index in [1.807, 2.05) is 0 Å². The van der Waals surface area contributed by atoms with Crippen molar-refractivity contribution in [3.63, 3.8) is 0 Å². The first kappa shape index (κ1) is 18.5. The van der Waals surface area contributed by atoms with Crippen LogP contribution in [0, 0.1) is 5.92 Å². The third-order valence-electron chi connectivity index (χ3n) is 4.23. The monoisotopic (exact) mass is 353 g/mol. The van der Waals surface area contributed by atoms with E-state index in [2.05, 4.69) is 22.9 Å². The van der Waals surface area contributed by atoms with Crippen molar-refractivity contribution in [1.82, 2.24) is 16.0 Å². The number of halogens is 1. The molecule has 2 rings (SSSR count). The standard InChI is InChI=1S/C17H24ClN3O3/c1-3-13-14(20-16(22)9-19-2)8-15(13)21-17(23)10-24-12-6-4-11(18)5-7-12/h4-7,13-15,19H,3,8-10H2,1-2H3,(H,20,22)(H,21,23). The van der Waals surface area contributed by atoms with E-state index < -0.39 is 0 Å². The number of ether oxygens (including phenoxy) is 1. The summed E-state index contributed by atoms with van der Waals surface area (Å²) in [5.74, 6) is 0.683. The van der Waals surface area contributed by atoms with Gasteiger partial charge in [0.15, 0.2) is 6.61 Å². The van der Waals surface area contributed by atoms with Crippen molar-refractivity contribution in [2.45, 2.75) is 31.8 Å². The van der Waals surface area contributed by atoms with Crippen molar-refractivity contribution in [3.05, 3.63) is 29.3 Å². The largest absolute Gasteiger partial charge is 0.484 e. The maximum atomic E-state index is 12.0. The van der Waals surface area contributed by atoms with Crippen LogP contribution in [0.3, 0.4) is 0 Å². The van der Waals surface area contributed by atoms with Crippen LogP contribution in [-0.4, -0.2) is 44.1 Å². The van der Waals surface area contributed by atoms with Crippen LogP contribution in [0.2, 0.25) is 5.02 Å². The van der Waals surface area contributed by atoms with Gasteiger partial charge in [0.25, 0.3) is 5.91 Å². The van der Waals surface area contributed by atoms with Gasteiger partial charge in [0, 0.05) is 17.1 Å². The Morgan fingerprint density at radius 1 is 1.17 bits per heavy atom. The van der Waals surface area contributed by atoms with Crippen LogP contribution in [0.4, 0.5) is 0 Å². The molecule has 1 aliphatic rings. The third kappa shape index (κ3) is 5.11. The van der Waals surface area contributed by atoms with Crippen LogP contribution in [0.1, 0.15) is 19.8 Å². The lowest BCUT2D eigenvalue weighted by Gasteiger charge is -2.45. The number of carbonyl (C=O) groups excluding carboxylic acids is 2. The molecular weight excluding hydrogens is 330 g/mol. The average molecular weight is 354 g/mol. The minimum Gasteiger partial charge on any atom is -0.484 e. The van der Waals surface area contributed by atoms with E-state index in [4.69, 9.17) is 16.3 Å². The number of likely N-dealkylation sites (N-methyl/N-ethyl adjacent to an activating group) is 1. The number of benzene rings is 1. The highest BCUT2D eigenvalue weighted by molar-refractivity contribution is 6.30. The summed E-state index contributed by atoms with van der Waals surface area (Å²) in [5.41, 5.74) is 0. The number of amides is 2. The van der Waals surface area contributed by atoms with Gasteiger partial charge in [-0.2, -0.15) is 0 Å². The molecule has 3 N–H and O–H groups in total. The van der Waals surface area contributed by atoms with E-state index >= 15 is 0 Å². The van der Waals surface area contributed by atoms with E-state index in [0.717, 1.165) is 12.8 Å². The van der Waals surface area contributed by atoms with Gasteiger partial charge in [0.1, 0.15) is 5.75 Å². The van der Waals surface area contributed by atoms with Gasteiger partial charge in [-0.1, -0.05) is 18.5 Å². The number of hydrogen-bond donors (Lipinski definition) is 3. The summed E-state index contributed by atoms with van der Waals surface area (Å²) < 4.78 is 5.44. The molecule has 3 atom stereocenters. The van der Waals surface area contributed by atoms with Gasteiger partial charge in [-0.25, -0.2) is 0 Å². The Labute approximate surface area is 147 Å². The zero-order chi connectivity index (χ0) is 17.5. The molecule has 6 nitrogen and oxygen atoms in total. The lowest BCUT2D eigenvalue weighted by Crippen LogP contribution is -2.62. The Morgan fingerprint density at radius 3 is 2.38 bits per heavy atom. The molecule has 2 amide bonds. The van der Waals surface area contributed by atoms with Crippen molar-refractivity contribution < 1.29 is 14.3 Å². The van der Waals surface area contributed by atoms with Crippen molar-refractivity contribution in [2.75, 3.05) is 20.2 Å². The highest BCUT2D eigenvalue weighted by atomic mass is 35.5. The van der Waals surface area contributed by atoms with Gasteiger partial charge in [0.2, 0.25) is 5.91 Å². The summed E-state index contributed by atoms with van der Waals surface area (Å²) in [6.45, 7) is 2.33. The predicted molar refractivity (Wildman–Crippen MR) is 93.1 cm³/mol. The molecule has 0 radical (unpaired) electrons. The summed E-state index contributed by atoms with van der Waals surface area (Å²) in [7, 11) is 1.74. The summed E-state index contributed by atoms with van der Waals surface area (Å²) in [5, 5.41) is 9.42. The maximum Gasteiger partial charge on any atom is 0.258 e. The van der Waals surface area contributed by atoms with E-state index in [9.17, 15) is 9.59 Å². The number of nitrogens with one attached hydrogen (secondary N) is 3. The fourth-order valence-electron chi connectivity index (χ4n) is 2.96. The smallest absolute Gasteiger partial charge is 0.258 e. The fraction of sp³-hybridized carbons (Fsp3) is 0.529. The minimum atomic E-state index is -0.159. The molecule has 1 saturated carbocycles. The fourth-order valence-corrected chi connectivity index (χ4v) is 3.08. The number of rotatable bonds is 8. The quantitative estimate of drug-likeness (QED) is 0.659. The molecule has 24 heavy (non-hydrogen) atoms. The molecule has 1 aliphatic carbocycles. The van der Waals surface area contributed by atoms with Crippen molar-refractivity contribution in [2.24, 2.45) is 5.92 Å². The Morgan fingerprint density at radius 2 is 1.79 bits per heavy atom. The Bertz CT molecular complexity index is 565. The SMILES string of the molecule is CCC1C(NC(=O)CNC)CC1NC(=O)COc1ccc(Cl)cc1. The molecule has 0 spiro atoms.